The summed E-state index contributed by atoms with van der Waals surface area (Å²) in [6.07, 6.45) is 2.22. The summed E-state index contributed by atoms with van der Waals surface area (Å²) in [5, 5.41) is 3.18. The Labute approximate surface area is 109 Å². The number of nitrogens with one attached hydrogen (secondary N) is 1. The lowest BCUT2D eigenvalue weighted by Gasteiger charge is -2.25. The van der Waals surface area contributed by atoms with Gasteiger partial charge in [-0.1, -0.05) is 17.7 Å². The van der Waals surface area contributed by atoms with Crippen LogP contribution >= 0.6 is 0 Å². The molecule has 1 N–H and O–H groups in total. The molecule has 1 saturated heterocycles. The van der Waals surface area contributed by atoms with Crippen LogP contribution in [0.5, 0.6) is 0 Å². The summed E-state index contributed by atoms with van der Waals surface area (Å²) >= 11 is 0. The third kappa shape index (κ3) is 2.56. The Morgan fingerprint density at radius 3 is 2.89 bits per heavy atom. The first-order valence-electron chi connectivity index (χ1n) is 6.66. The van der Waals surface area contributed by atoms with E-state index in [0.29, 0.717) is 6.04 Å². The molecular formula is C15H22N2O. The van der Waals surface area contributed by atoms with Crippen LogP contribution < -0.4 is 5.32 Å². The van der Waals surface area contributed by atoms with Gasteiger partial charge in [-0.05, 0) is 45.4 Å². The van der Waals surface area contributed by atoms with Crippen molar-refractivity contribution in [3.05, 3.63) is 34.9 Å². The minimum atomic E-state index is 0.185. The fraction of sp³-hybridized carbons (Fsp3) is 0.533. The number of hydrogen-bond acceptors (Lipinski definition) is 2. The summed E-state index contributed by atoms with van der Waals surface area (Å²) in [4.78, 5) is 14.6. The Balaban J connectivity index is 2.20. The van der Waals surface area contributed by atoms with Gasteiger partial charge in [0.2, 0.25) is 0 Å². The highest BCUT2D eigenvalue weighted by Crippen LogP contribution is 2.21. The van der Waals surface area contributed by atoms with Gasteiger partial charge >= 0.3 is 0 Å². The molecule has 2 rings (SSSR count). The highest BCUT2D eigenvalue weighted by molar-refractivity contribution is 5.96. The van der Waals surface area contributed by atoms with Crippen molar-refractivity contribution in [3.8, 4) is 0 Å². The molecule has 0 bridgehead atoms. The van der Waals surface area contributed by atoms with Crippen LogP contribution in [0, 0.1) is 13.8 Å². The van der Waals surface area contributed by atoms with Crippen molar-refractivity contribution in [1.29, 1.82) is 0 Å². The van der Waals surface area contributed by atoms with E-state index in [1.807, 2.05) is 31.0 Å². The van der Waals surface area contributed by atoms with Crippen LogP contribution in [0.2, 0.25) is 0 Å². The Morgan fingerprint density at radius 1 is 1.44 bits per heavy atom. The molecule has 1 aliphatic rings. The Morgan fingerprint density at radius 2 is 2.22 bits per heavy atom. The maximum Gasteiger partial charge on any atom is 0.254 e. The summed E-state index contributed by atoms with van der Waals surface area (Å²) < 4.78 is 0. The highest BCUT2D eigenvalue weighted by atomic mass is 16.2. The van der Waals surface area contributed by atoms with Gasteiger partial charge in [-0.2, -0.15) is 0 Å². The van der Waals surface area contributed by atoms with Crippen molar-refractivity contribution >= 4 is 5.91 Å². The lowest BCUT2D eigenvalue weighted by molar-refractivity contribution is 0.0736. The molecule has 1 unspecified atom stereocenters. The van der Waals surface area contributed by atoms with Crippen molar-refractivity contribution in [2.75, 3.05) is 20.1 Å². The number of carbonyl (C=O) groups is 1. The Kier molecular flexibility index (Phi) is 4.02. The second-order valence-corrected chi connectivity index (χ2v) is 5.17. The molecule has 1 atom stereocenters. The highest BCUT2D eigenvalue weighted by Gasteiger charge is 2.29. The van der Waals surface area contributed by atoms with E-state index in [2.05, 4.69) is 18.3 Å². The number of amides is 1. The molecule has 1 aromatic rings. The van der Waals surface area contributed by atoms with Gasteiger partial charge in [0, 0.05) is 24.7 Å². The topological polar surface area (TPSA) is 32.3 Å². The Hall–Kier alpha value is -1.35. The van der Waals surface area contributed by atoms with Crippen molar-refractivity contribution in [2.45, 2.75) is 32.7 Å². The summed E-state index contributed by atoms with van der Waals surface area (Å²) in [5.74, 6) is 0.185. The molecule has 1 heterocycles. The molecule has 1 aromatic carbocycles. The average molecular weight is 246 g/mol. The second kappa shape index (κ2) is 5.53. The van der Waals surface area contributed by atoms with E-state index >= 15 is 0 Å². The number of hydrogen-bond donors (Lipinski definition) is 1. The summed E-state index contributed by atoms with van der Waals surface area (Å²) in [6, 6.07) is 6.41. The molecule has 3 nitrogen and oxygen atoms in total. The monoisotopic (exact) mass is 246 g/mol. The van der Waals surface area contributed by atoms with Gasteiger partial charge in [0.1, 0.15) is 0 Å². The fourth-order valence-corrected chi connectivity index (χ4v) is 2.76. The maximum absolute atomic E-state index is 12.6. The van der Waals surface area contributed by atoms with Crippen LogP contribution in [-0.2, 0) is 0 Å². The molecule has 1 fully saturated rings. The lowest BCUT2D eigenvalue weighted by atomic mass is 10.0. The lowest BCUT2D eigenvalue weighted by Crippen LogP contribution is -2.41. The zero-order valence-electron chi connectivity index (χ0n) is 11.5. The van der Waals surface area contributed by atoms with Crippen molar-refractivity contribution < 1.29 is 4.79 Å². The molecule has 1 aliphatic heterocycles. The van der Waals surface area contributed by atoms with Crippen molar-refractivity contribution in [3.63, 3.8) is 0 Å². The number of likely N-dealkylation sites (tertiary alicyclic amines) is 1. The van der Waals surface area contributed by atoms with E-state index in [0.717, 1.165) is 37.1 Å². The van der Waals surface area contributed by atoms with Gasteiger partial charge in [-0.3, -0.25) is 4.79 Å². The quantitative estimate of drug-likeness (QED) is 0.886. The second-order valence-electron chi connectivity index (χ2n) is 5.17. The Bertz CT molecular complexity index is 442. The van der Waals surface area contributed by atoms with E-state index in [1.165, 1.54) is 5.56 Å². The predicted molar refractivity (Wildman–Crippen MR) is 73.9 cm³/mol. The minimum absolute atomic E-state index is 0.185. The summed E-state index contributed by atoms with van der Waals surface area (Å²) in [7, 11) is 1.94. The molecule has 1 amide bonds. The molecule has 0 saturated carbocycles. The van der Waals surface area contributed by atoms with Crippen LogP contribution in [-0.4, -0.2) is 37.0 Å². The van der Waals surface area contributed by atoms with Gasteiger partial charge in [0.25, 0.3) is 5.91 Å². The minimum Gasteiger partial charge on any atom is -0.334 e. The fourth-order valence-electron chi connectivity index (χ4n) is 2.76. The van der Waals surface area contributed by atoms with Gasteiger partial charge in [0.05, 0.1) is 0 Å². The van der Waals surface area contributed by atoms with E-state index < -0.39 is 0 Å². The van der Waals surface area contributed by atoms with Gasteiger partial charge in [0.15, 0.2) is 0 Å². The SMILES string of the molecule is CNCC1CCCN1C(=O)c1ccc(C)cc1C. The van der Waals surface area contributed by atoms with Gasteiger partial charge in [-0.15, -0.1) is 0 Å². The van der Waals surface area contributed by atoms with Crippen LogP contribution in [0.1, 0.15) is 34.3 Å². The van der Waals surface area contributed by atoms with Gasteiger partial charge in [-0.25, -0.2) is 0 Å². The van der Waals surface area contributed by atoms with Gasteiger partial charge < -0.3 is 10.2 Å². The molecule has 0 aliphatic carbocycles. The zero-order chi connectivity index (χ0) is 13.1. The first-order valence-corrected chi connectivity index (χ1v) is 6.66. The number of carbonyl (C=O) groups excluding carboxylic acids is 1. The first-order chi connectivity index (χ1) is 8.63. The van der Waals surface area contributed by atoms with E-state index in [-0.39, 0.29) is 5.91 Å². The summed E-state index contributed by atoms with van der Waals surface area (Å²) in [6.45, 7) is 5.85. The third-order valence-corrected chi connectivity index (χ3v) is 3.69. The average Bonchev–Trinajstić information content (AvgIpc) is 2.77. The smallest absolute Gasteiger partial charge is 0.254 e. The van der Waals surface area contributed by atoms with Crippen LogP contribution in [0.4, 0.5) is 0 Å². The third-order valence-electron chi connectivity index (χ3n) is 3.69. The van der Waals surface area contributed by atoms with Crippen LogP contribution in [0.15, 0.2) is 18.2 Å². The number of rotatable bonds is 3. The molecule has 0 spiro atoms. The zero-order valence-corrected chi connectivity index (χ0v) is 11.5. The number of likely N-dealkylation sites (N-methyl/N-ethyl adjacent to an activating group) is 1. The number of nitrogens with zero attached hydrogens (tertiary/aromatic N) is 1. The van der Waals surface area contributed by atoms with Crippen molar-refractivity contribution in [1.82, 2.24) is 10.2 Å². The largest absolute Gasteiger partial charge is 0.334 e. The van der Waals surface area contributed by atoms with E-state index in [1.54, 1.807) is 0 Å². The molecule has 3 heteroatoms. The predicted octanol–water partition coefficient (Wildman–Crippen LogP) is 2.13. The van der Waals surface area contributed by atoms with Crippen LogP contribution in [0.25, 0.3) is 0 Å². The summed E-state index contributed by atoms with van der Waals surface area (Å²) in [5.41, 5.74) is 3.14. The first kappa shape index (κ1) is 13.1. The molecule has 0 radical (unpaired) electrons. The molecule has 18 heavy (non-hydrogen) atoms. The van der Waals surface area contributed by atoms with E-state index in [4.69, 9.17) is 0 Å². The molecule has 98 valence electrons. The standard InChI is InChI=1S/C15H22N2O/c1-11-6-7-14(12(2)9-11)15(18)17-8-4-5-13(17)10-16-3/h6-7,9,13,16H,4-5,8,10H2,1-3H3. The number of aryl methyl sites for hydroxylation is 2. The number of benzene rings is 1. The molecular weight excluding hydrogens is 224 g/mol. The molecule has 0 aromatic heterocycles. The van der Waals surface area contributed by atoms with E-state index in [9.17, 15) is 4.79 Å². The van der Waals surface area contributed by atoms with Crippen LogP contribution in [0.3, 0.4) is 0 Å². The maximum atomic E-state index is 12.6. The van der Waals surface area contributed by atoms with Crippen molar-refractivity contribution in [2.24, 2.45) is 0 Å². The normalized spacial score (nSPS) is 19.3.